The number of amides is 1. The standard InChI is InChI=1S/C23H28N2O3S/c1-4-16-25(29(27,28)21-9-6-5-7-10-21)20-13-11-19(12-14-20)22(26)24-17-8-15-23(2,3)18-24/h4-7,9-14H,1,8,15-18H2,2-3H3. The van der Waals surface area contributed by atoms with Crippen molar-refractivity contribution >= 4 is 21.6 Å². The fourth-order valence-electron chi connectivity index (χ4n) is 3.73. The molecule has 0 unspecified atom stereocenters. The largest absolute Gasteiger partial charge is 0.338 e. The molecule has 6 heteroatoms. The van der Waals surface area contributed by atoms with Crippen molar-refractivity contribution in [1.82, 2.24) is 4.90 Å². The van der Waals surface area contributed by atoms with Crippen LogP contribution >= 0.6 is 0 Å². The zero-order chi connectivity index (χ0) is 21.1. The van der Waals surface area contributed by atoms with Gasteiger partial charge in [0.1, 0.15) is 0 Å². The van der Waals surface area contributed by atoms with Gasteiger partial charge in [-0.15, -0.1) is 6.58 Å². The van der Waals surface area contributed by atoms with E-state index in [2.05, 4.69) is 20.4 Å². The van der Waals surface area contributed by atoms with Crippen LogP contribution in [0.1, 0.15) is 37.0 Å². The van der Waals surface area contributed by atoms with Crippen LogP contribution in [0.5, 0.6) is 0 Å². The van der Waals surface area contributed by atoms with E-state index in [4.69, 9.17) is 0 Å². The molecule has 0 spiro atoms. The molecular formula is C23H28N2O3S. The number of hydrogen-bond acceptors (Lipinski definition) is 3. The van der Waals surface area contributed by atoms with Crippen LogP contribution in [0.3, 0.4) is 0 Å². The summed E-state index contributed by atoms with van der Waals surface area (Å²) in [6, 6.07) is 15.1. The first-order valence-corrected chi connectivity index (χ1v) is 11.3. The van der Waals surface area contributed by atoms with Crippen molar-refractivity contribution in [2.75, 3.05) is 23.9 Å². The number of piperidine rings is 1. The van der Waals surface area contributed by atoms with Gasteiger partial charge >= 0.3 is 0 Å². The maximum absolute atomic E-state index is 13.1. The Hall–Kier alpha value is -2.60. The SMILES string of the molecule is C=CCN(c1ccc(C(=O)N2CCCC(C)(C)C2)cc1)S(=O)(=O)c1ccccc1. The Morgan fingerprint density at radius 2 is 1.79 bits per heavy atom. The van der Waals surface area contributed by atoms with E-state index in [1.807, 2.05) is 4.90 Å². The number of carbonyl (C=O) groups is 1. The lowest BCUT2D eigenvalue weighted by Gasteiger charge is -2.38. The van der Waals surface area contributed by atoms with Crippen molar-refractivity contribution in [3.8, 4) is 0 Å². The van der Waals surface area contributed by atoms with Crippen LogP contribution < -0.4 is 4.31 Å². The molecule has 0 radical (unpaired) electrons. The quantitative estimate of drug-likeness (QED) is 0.664. The number of nitrogens with zero attached hydrogens (tertiary/aromatic N) is 2. The van der Waals surface area contributed by atoms with Crippen molar-refractivity contribution in [3.63, 3.8) is 0 Å². The minimum Gasteiger partial charge on any atom is -0.338 e. The van der Waals surface area contributed by atoms with Gasteiger partial charge in [-0.1, -0.05) is 38.1 Å². The summed E-state index contributed by atoms with van der Waals surface area (Å²) in [7, 11) is -3.72. The maximum Gasteiger partial charge on any atom is 0.264 e. The fraction of sp³-hybridized carbons (Fsp3) is 0.348. The van der Waals surface area contributed by atoms with Gasteiger partial charge in [0.2, 0.25) is 0 Å². The highest BCUT2D eigenvalue weighted by molar-refractivity contribution is 7.92. The summed E-state index contributed by atoms with van der Waals surface area (Å²) in [5.41, 5.74) is 1.20. The first kappa shape index (κ1) is 21.1. The number of anilines is 1. The molecular weight excluding hydrogens is 384 g/mol. The summed E-state index contributed by atoms with van der Waals surface area (Å²) in [4.78, 5) is 15.0. The monoisotopic (exact) mass is 412 g/mol. The van der Waals surface area contributed by atoms with Gasteiger partial charge in [-0.3, -0.25) is 9.10 Å². The molecule has 0 aliphatic carbocycles. The predicted octanol–water partition coefficient (Wildman–Crippen LogP) is 4.33. The van der Waals surface area contributed by atoms with Crippen LogP contribution in [0.4, 0.5) is 5.69 Å². The number of sulfonamides is 1. The maximum atomic E-state index is 13.1. The van der Waals surface area contributed by atoms with E-state index in [1.54, 1.807) is 60.7 Å². The molecule has 1 aliphatic heterocycles. The van der Waals surface area contributed by atoms with E-state index >= 15 is 0 Å². The normalized spacial score (nSPS) is 16.3. The summed E-state index contributed by atoms with van der Waals surface area (Å²) < 4.78 is 27.4. The van der Waals surface area contributed by atoms with E-state index < -0.39 is 10.0 Å². The van der Waals surface area contributed by atoms with Crippen LogP contribution in [-0.4, -0.2) is 38.9 Å². The lowest BCUT2D eigenvalue weighted by molar-refractivity contribution is 0.0583. The highest BCUT2D eigenvalue weighted by atomic mass is 32.2. The lowest BCUT2D eigenvalue weighted by Crippen LogP contribution is -2.43. The van der Waals surface area contributed by atoms with Gasteiger partial charge < -0.3 is 4.90 Å². The number of hydrogen-bond donors (Lipinski definition) is 0. The van der Waals surface area contributed by atoms with Crippen molar-refractivity contribution in [3.05, 3.63) is 72.8 Å². The molecule has 5 nitrogen and oxygen atoms in total. The Bertz CT molecular complexity index is 967. The van der Waals surface area contributed by atoms with Gasteiger partial charge in [-0.2, -0.15) is 0 Å². The van der Waals surface area contributed by atoms with Crippen LogP contribution in [0, 0.1) is 5.41 Å². The van der Waals surface area contributed by atoms with E-state index in [-0.39, 0.29) is 22.8 Å². The third-order valence-electron chi connectivity index (χ3n) is 5.22. The van der Waals surface area contributed by atoms with Gasteiger partial charge in [0.15, 0.2) is 0 Å². The second-order valence-corrected chi connectivity index (χ2v) is 10.0. The Balaban J connectivity index is 1.85. The topological polar surface area (TPSA) is 57.7 Å². The summed E-state index contributed by atoms with van der Waals surface area (Å²) in [5, 5.41) is 0. The second kappa shape index (κ2) is 8.41. The summed E-state index contributed by atoms with van der Waals surface area (Å²) in [6.07, 6.45) is 3.66. The molecule has 1 aliphatic rings. The zero-order valence-corrected chi connectivity index (χ0v) is 17.9. The molecule has 3 rings (SSSR count). The third kappa shape index (κ3) is 4.70. The molecule has 2 aromatic rings. The van der Waals surface area contributed by atoms with Gasteiger partial charge in [-0.25, -0.2) is 8.42 Å². The molecule has 2 aromatic carbocycles. The van der Waals surface area contributed by atoms with E-state index in [9.17, 15) is 13.2 Å². The Labute approximate surface area is 173 Å². The van der Waals surface area contributed by atoms with E-state index in [1.165, 1.54) is 4.31 Å². The molecule has 0 bridgehead atoms. The first-order chi connectivity index (χ1) is 13.7. The molecule has 0 atom stereocenters. The number of benzene rings is 2. The van der Waals surface area contributed by atoms with Gasteiger partial charge in [-0.05, 0) is 54.7 Å². The molecule has 1 saturated heterocycles. The molecule has 1 heterocycles. The molecule has 154 valence electrons. The summed E-state index contributed by atoms with van der Waals surface area (Å²) in [6.45, 7) is 9.68. The third-order valence-corrected chi connectivity index (χ3v) is 7.02. The Kier molecular flexibility index (Phi) is 6.13. The van der Waals surface area contributed by atoms with Crippen molar-refractivity contribution in [2.24, 2.45) is 5.41 Å². The number of rotatable bonds is 6. The lowest BCUT2D eigenvalue weighted by atomic mass is 9.84. The molecule has 1 fully saturated rings. The molecule has 0 aromatic heterocycles. The smallest absolute Gasteiger partial charge is 0.264 e. The first-order valence-electron chi connectivity index (χ1n) is 9.83. The minimum atomic E-state index is -3.72. The average molecular weight is 413 g/mol. The Morgan fingerprint density at radius 1 is 1.14 bits per heavy atom. The van der Waals surface area contributed by atoms with Crippen LogP contribution in [-0.2, 0) is 10.0 Å². The average Bonchev–Trinajstić information content (AvgIpc) is 2.71. The molecule has 0 saturated carbocycles. The van der Waals surface area contributed by atoms with E-state index in [0.717, 1.165) is 25.9 Å². The van der Waals surface area contributed by atoms with Crippen molar-refractivity contribution < 1.29 is 13.2 Å². The predicted molar refractivity (Wildman–Crippen MR) is 117 cm³/mol. The highest BCUT2D eigenvalue weighted by Crippen LogP contribution is 2.30. The molecule has 0 N–H and O–H groups in total. The Morgan fingerprint density at radius 3 is 2.38 bits per heavy atom. The second-order valence-electron chi connectivity index (χ2n) is 8.18. The van der Waals surface area contributed by atoms with Crippen LogP contribution in [0.25, 0.3) is 0 Å². The minimum absolute atomic E-state index is 0.00878. The van der Waals surface area contributed by atoms with Crippen LogP contribution in [0.2, 0.25) is 0 Å². The van der Waals surface area contributed by atoms with Crippen molar-refractivity contribution in [1.29, 1.82) is 0 Å². The van der Waals surface area contributed by atoms with Crippen LogP contribution in [0.15, 0.2) is 72.1 Å². The summed E-state index contributed by atoms with van der Waals surface area (Å²) in [5.74, 6) is -0.00878. The van der Waals surface area contributed by atoms with Gasteiger partial charge in [0.25, 0.3) is 15.9 Å². The molecule has 1 amide bonds. The highest BCUT2D eigenvalue weighted by Gasteiger charge is 2.30. The van der Waals surface area contributed by atoms with Gasteiger partial charge in [0, 0.05) is 18.7 Å². The number of likely N-dealkylation sites (tertiary alicyclic amines) is 1. The van der Waals surface area contributed by atoms with Gasteiger partial charge in [0.05, 0.1) is 17.1 Å². The molecule has 29 heavy (non-hydrogen) atoms. The number of carbonyl (C=O) groups excluding carboxylic acids is 1. The van der Waals surface area contributed by atoms with E-state index in [0.29, 0.717) is 11.3 Å². The fourth-order valence-corrected chi connectivity index (χ4v) is 5.19. The summed E-state index contributed by atoms with van der Waals surface area (Å²) >= 11 is 0. The zero-order valence-electron chi connectivity index (χ0n) is 17.0. The van der Waals surface area contributed by atoms with Crippen molar-refractivity contribution in [2.45, 2.75) is 31.6 Å².